The number of halogens is 1. The number of hydrogen-bond acceptors (Lipinski definition) is 4. The average Bonchev–Trinajstić information content (AvgIpc) is 3.16. The van der Waals surface area contributed by atoms with Crippen LogP contribution in [0.2, 0.25) is 5.02 Å². The van der Waals surface area contributed by atoms with Crippen molar-refractivity contribution in [3.8, 4) is 0 Å². The smallest absolute Gasteiger partial charge is 0.240 e. The van der Waals surface area contributed by atoms with Crippen molar-refractivity contribution in [3.05, 3.63) is 89.3 Å². The maximum absolute atomic E-state index is 12.6. The van der Waals surface area contributed by atoms with E-state index in [9.17, 15) is 8.42 Å². The van der Waals surface area contributed by atoms with Crippen LogP contribution in [0, 0.1) is 0 Å². The molecule has 0 saturated carbocycles. The predicted octanol–water partition coefficient (Wildman–Crippen LogP) is 4.08. The standard InChI is InChI=1S/C20H21ClN2O3S/c1-23(15-18-8-5-13-26-18)20(16-6-3-2-4-7-16)14-22-27(24,25)19-11-9-17(21)10-12-19/h2-13,20,22H,14-15H2,1H3/t20-/m0/s1. The van der Waals surface area contributed by atoms with Gasteiger partial charge in [-0.25, -0.2) is 13.1 Å². The summed E-state index contributed by atoms with van der Waals surface area (Å²) in [6, 6.07) is 19.5. The second kappa shape index (κ2) is 8.71. The Morgan fingerprint density at radius 1 is 1.04 bits per heavy atom. The van der Waals surface area contributed by atoms with E-state index < -0.39 is 10.0 Å². The molecule has 5 nitrogen and oxygen atoms in total. The van der Waals surface area contributed by atoms with Crippen LogP contribution in [-0.4, -0.2) is 26.9 Å². The average molecular weight is 405 g/mol. The molecule has 1 N–H and O–H groups in total. The third-order valence-electron chi connectivity index (χ3n) is 4.29. The van der Waals surface area contributed by atoms with E-state index in [0.717, 1.165) is 11.3 Å². The molecule has 0 spiro atoms. The number of benzene rings is 2. The maximum Gasteiger partial charge on any atom is 0.240 e. The van der Waals surface area contributed by atoms with Gasteiger partial charge >= 0.3 is 0 Å². The second-order valence-electron chi connectivity index (χ2n) is 6.23. The van der Waals surface area contributed by atoms with Gasteiger partial charge in [-0.05, 0) is 49.0 Å². The van der Waals surface area contributed by atoms with Crippen LogP contribution in [0.25, 0.3) is 0 Å². The number of hydrogen-bond donors (Lipinski definition) is 1. The molecule has 142 valence electrons. The van der Waals surface area contributed by atoms with E-state index >= 15 is 0 Å². The van der Waals surface area contributed by atoms with Gasteiger partial charge in [0.05, 0.1) is 17.7 Å². The van der Waals surface area contributed by atoms with Crippen molar-refractivity contribution in [2.75, 3.05) is 13.6 Å². The van der Waals surface area contributed by atoms with Crippen LogP contribution in [0.3, 0.4) is 0 Å². The molecule has 0 radical (unpaired) electrons. The van der Waals surface area contributed by atoms with E-state index in [0.29, 0.717) is 11.6 Å². The van der Waals surface area contributed by atoms with E-state index in [2.05, 4.69) is 9.62 Å². The molecule has 0 aliphatic heterocycles. The van der Waals surface area contributed by atoms with Crippen LogP contribution < -0.4 is 4.72 Å². The molecule has 3 aromatic rings. The molecule has 0 aliphatic rings. The summed E-state index contributed by atoms with van der Waals surface area (Å²) in [4.78, 5) is 2.24. The van der Waals surface area contributed by atoms with E-state index in [1.165, 1.54) is 12.1 Å². The van der Waals surface area contributed by atoms with Crippen molar-refractivity contribution in [2.45, 2.75) is 17.5 Å². The fraction of sp³-hybridized carbons (Fsp3) is 0.200. The summed E-state index contributed by atoms with van der Waals surface area (Å²) in [6.45, 7) is 0.793. The molecule has 3 rings (SSSR count). The molecule has 0 amide bonds. The third kappa shape index (κ3) is 5.20. The number of nitrogens with one attached hydrogen (secondary N) is 1. The molecule has 7 heteroatoms. The molecule has 1 aromatic heterocycles. The number of sulfonamides is 1. The van der Waals surface area contributed by atoms with Crippen LogP contribution in [-0.2, 0) is 16.6 Å². The lowest BCUT2D eigenvalue weighted by molar-refractivity contribution is 0.219. The predicted molar refractivity (Wildman–Crippen MR) is 106 cm³/mol. The fourth-order valence-electron chi connectivity index (χ4n) is 2.85. The first-order valence-electron chi connectivity index (χ1n) is 8.48. The largest absolute Gasteiger partial charge is 0.468 e. The molecule has 0 aliphatic carbocycles. The zero-order valence-corrected chi connectivity index (χ0v) is 16.5. The van der Waals surface area contributed by atoms with Gasteiger partial charge in [0.25, 0.3) is 0 Å². The van der Waals surface area contributed by atoms with Crippen molar-refractivity contribution in [3.63, 3.8) is 0 Å². The normalized spacial score (nSPS) is 13.0. The fourth-order valence-corrected chi connectivity index (χ4v) is 4.01. The highest BCUT2D eigenvalue weighted by Crippen LogP contribution is 2.22. The first-order chi connectivity index (χ1) is 13.0. The number of nitrogens with zero attached hydrogens (tertiary/aromatic N) is 1. The van der Waals surface area contributed by atoms with Crippen LogP contribution in [0.4, 0.5) is 0 Å². The SMILES string of the molecule is CN(Cc1ccco1)[C@@H](CNS(=O)(=O)c1ccc(Cl)cc1)c1ccccc1. The maximum atomic E-state index is 12.6. The lowest BCUT2D eigenvalue weighted by atomic mass is 10.1. The Morgan fingerprint density at radius 3 is 2.37 bits per heavy atom. The van der Waals surface area contributed by atoms with Crippen molar-refractivity contribution in [1.29, 1.82) is 0 Å². The zero-order valence-electron chi connectivity index (χ0n) is 14.9. The number of furan rings is 1. The highest BCUT2D eigenvalue weighted by atomic mass is 35.5. The lowest BCUT2D eigenvalue weighted by Crippen LogP contribution is -2.36. The molecule has 0 unspecified atom stereocenters. The van der Waals surface area contributed by atoms with Gasteiger partial charge in [0.15, 0.2) is 0 Å². The Labute approximate surface area is 164 Å². The monoisotopic (exact) mass is 404 g/mol. The summed E-state index contributed by atoms with van der Waals surface area (Å²) >= 11 is 5.85. The summed E-state index contributed by atoms with van der Waals surface area (Å²) in [6.07, 6.45) is 1.63. The molecule has 27 heavy (non-hydrogen) atoms. The highest BCUT2D eigenvalue weighted by molar-refractivity contribution is 7.89. The van der Waals surface area contributed by atoms with Crippen LogP contribution in [0.15, 0.2) is 82.3 Å². The second-order valence-corrected chi connectivity index (χ2v) is 8.43. The third-order valence-corrected chi connectivity index (χ3v) is 5.98. The summed E-state index contributed by atoms with van der Waals surface area (Å²) in [7, 11) is -1.69. The highest BCUT2D eigenvalue weighted by Gasteiger charge is 2.22. The molecule has 1 atom stereocenters. The first-order valence-corrected chi connectivity index (χ1v) is 10.3. The molecule has 0 saturated heterocycles. The van der Waals surface area contributed by atoms with Gasteiger partial charge in [-0.2, -0.15) is 0 Å². The van der Waals surface area contributed by atoms with Gasteiger partial charge in [0, 0.05) is 17.6 Å². The molecular formula is C20H21ClN2O3S. The van der Waals surface area contributed by atoms with Gasteiger partial charge in [0.1, 0.15) is 5.76 Å². The van der Waals surface area contributed by atoms with E-state index in [1.807, 2.05) is 49.5 Å². The Hall–Kier alpha value is -2.12. The first kappa shape index (κ1) is 19.6. The Balaban J connectivity index is 1.78. The topological polar surface area (TPSA) is 62.6 Å². The summed E-state index contributed by atoms with van der Waals surface area (Å²) in [5, 5.41) is 0.495. The van der Waals surface area contributed by atoms with Crippen LogP contribution in [0.5, 0.6) is 0 Å². The van der Waals surface area contributed by atoms with Crippen molar-refractivity contribution in [2.24, 2.45) is 0 Å². The molecular weight excluding hydrogens is 384 g/mol. The van der Waals surface area contributed by atoms with Crippen molar-refractivity contribution >= 4 is 21.6 Å². The minimum atomic E-state index is -3.63. The number of likely N-dealkylation sites (N-methyl/N-ethyl adjacent to an activating group) is 1. The van der Waals surface area contributed by atoms with E-state index in [4.69, 9.17) is 16.0 Å². The van der Waals surface area contributed by atoms with Crippen molar-refractivity contribution in [1.82, 2.24) is 9.62 Å². The van der Waals surface area contributed by atoms with Gasteiger partial charge < -0.3 is 4.42 Å². The number of rotatable bonds is 8. The minimum Gasteiger partial charge on any atom is -0.468 e. The molecule has 0 bridgehead atoms. The summed E-state index contributed by atoms with van der Waals surface area (Å²) < 4.78 is 33.4. The quantitative estimate of drug-likeness (QED) is 0.614. The van der Waals surface area contributed by atoms with Crippen LogP contribution >= 0.6 is 11.6 Å². The Morgan fingerprint density at radius 2 is 1.74 bits per heavy atom. The van der Waals surface area contributed by atoms with Gasteiger partial charge in [-0.15, -0.1) is 0 Å². The lowest BCUT2D eigenvalue weighted by Gasteiger charge is -2.28. The summed E-state index contributed by atoms with van der Waals surface area (Å²) in [5.41, 5.74) is 1.02. The Kier molecular flexibility index (Phi) is 6.34. The van der Waals surface area contributed by atoms with Gasteiger partial charge in [-0.1, -0.05) is 41.9 Å². The van der Waals surface area contributed by atoms with Crippen molar-refractivity contribution < 1.29 is 12.8 Å². The van der Waals surface area contributed by atoms with Gasteiger partial charge in [0.2, 0.25) is 10.0 Å². The van der Waals surface area contributed by atoms with E-state index in [-0.39, 0.29) is 17.5 Å². The summed E-state index contributed by atoms with van der Waals surface area (Å²) in [5.74, 6) is 0.819. The molecule has 0 fully saturated rings. The van der Waals surface area contributed by atoms with Crippen LogP contribution in [0.1, 0.15) is 17.4 Å². The van der Waals surface area contributed by atoms with E-state index in [1.54, 1.807) is 18.4 Å². The zero-order chi connectivity index (χ0) is 19.3. The Bertz CT molecular complexity index is 943. The molecule has 1 heterocycles. The van der Waals surface area contributed by atoms with Gasteiger partial charge in [-0.3, -0.25) is 4.90 Å². The molecule has 2 aromatic carbocycles. The minimum absolute atomic E-state index is 0.154.